The first-order chi connectivity index (χ1) is 28.9. The van der Waals surface area contributed by atoms with Gasteiger partial charge in [-0.15, -0.1) is 0 Å². The molecule has 6 heterocycles. The Balaban J connectivity index is 0.00000195. The lowest BCUT2D eigenvalue weighted by atomic mass is 9.60. The fourth-order valence-electron chi connectivity index (χ4n) is 9.85. The van der Waals surface area contributed by atoms with Crippen LogP contribution in [0.3, 0.4) is 0 Å². The Hall–Kier alpha value is -5.68. The molecule has 2 atom stereocenters. The maximum absolute atomic E-state index is 14.3. The van der Waals surface area contributed by atoms with E-state index in [1.54, 1.807) is 9.80 Å². The van der Waals surface area contributed by atoms with Crippen LogP contribution in [0.25, 0.3) is 22.1 Å². The molecule has 326 valence electrons. The lowest BCUT2D eigenvalue weighted by Crippen LogP contribution is -2.48. The van der Waals surface area contributed by atoms with Crippen molar-refractivity contribution < 1.29 is 19.2 Å². The molecular weight excluding hydrogens is 765 g/mol. The second-order valence-electron chi connectivity index (χ2n) is 16.4. The molecule has 1 saturated carbocycles. The number of nitrogens with two attached hydrogens (primary N) is 4. The number of piperidine rings is 2. The number of nitrogens with one attached hydrogen (secondary N) is 2. The molecule has 10 N–H and O–H groups in total. The van der Waals surface area contributed by atoms with Crippen LogP contribution < -0.4 is 33.6 Å². The van der Waals surface area contributed by atoms with Crippen LogP contribution in [0.15, 0.2) is 12.4 Å². The van der Waals surface area contributed by atoms with Gasteiger partial charge < -0.3 is 43.4 Å². The van der Waals surface area contributed by atoms with Gasteiger partial charge in [0.2, 0.25) is 12.3 Å². The van der Waals surface area contributed by atoms with Gasteiger partial charge in [0, 0.05) is 62.7 Å². The van der Waals surface area contributed by atoms with Crippen molar-refractivity contribution in [2.45, 2.75) is 130 Å². The number of amides is 6. The number of hydrogen-bond acceptors (Lipinski definition) is 10. The van der Waals surface area contributed by atoms with Crippen LogP contribution in [0, 0.1) is 11.3 Å². The first-order valence-electron chi connectivity index (χ1n) is 21.7. The molecule has 2 unspecified atom stereocenters. The van der Waals surface area contributed by atoms with Crippen molar-refractivity contribution in [2.24, 2.45) is 34.3 Å². The lowest BCUT2D eigenvalue weighted by molar-refractivity contribution is -0.133. The molecule has 1 aliphatic carbocycles. The molecule has 6 amide bonds. The number of pyridine rings is 2. The van der Waals surface area contributed by atoms with Gasteiger partial charge in [0.1, 0.15) is 0 Å². The predicted molar refractivity (Wildman–Crippen MR) is 232 cm³/mol. The third kappa shape index (κ3) is 8.77. The fourth-order valence-corrected chi connectivity index (χ4v) is 9.85. The standard InChI is InChI=1S/C41H61N13O3.CH3NO/c1-5-32-28(34(30-23-45-53(7-3)36(30)49-32)47-26-12-17-51(18-13-26)39(43)56)21-25-11-9-10-16-41(25,38(42)55)22-29-33(6-2)50-37-31(24-46-54(37)8-4)35(29)48-27-14-19-52(20-15-27)40(44)57;2-1-3/h23-27H,5-22H2,1-4H3,(H2,42,55)(H2,43,56)(H2,44,57)(H,47,49)(H,48,50);1H,(H2,2,3). The summed E-state index contributed by atoms with van der Waals surface area (Å²) in [5, 5.41) is 19.2. The van der Waals surface area contributed by atoms with Crippen molar-refractivity contribution in [3.8, 4) is 0 Å². The summed E-state index contributed by atoms with van der Waals surface area (Å²) in [6.07, 6.45) is 13.0. The number of rotatable bonds is 13. The largest absolute Gasteiger partial charge is 0.381 e. The van der Waals surface area contributed by atoms with Gasteiger partial charge in [-0.1, -0.05) is 26.7 Å². The first kappa shape index (κ1) is 43.9. The summed E-state index contributed by atoms with van der Waals surface area (Å²) < 4.78 is 3.87. The second kappa shape index (κ2) is 19.1. The molecule has 0 aromatic carbocycles. The highest BCUT2D eigenvalue weighted by Gasteiger charge is 2.47. The quantitative estimate of drug-likeness (QED) is 0.106. The van der Waals surface area contributed by atoms with Gasteiger partial charge in [0.05, 0.1) is 40.0 Å². The van der Waals surface area contributed by atoms with Crippen LogP contribution in [-0.4, -0.2) is 102 Å². The fraction of sp³-hybridized carbons (Fsp3) is 0.619. The van der Waals surface area contributed by atoms with Gasteiger partial charge in [-0.25, -0.2) is 28.9 Å². The third-order valence-electron chi connectivity index (χ3n) is 13.2. The van der Waals surface area contributed by atoms with Gasteiger partial charge in [-0.05, 0) is 95.1 Å². The van der Waals surface area contributed by atoms with E-state index in [0.29, 0.717) is 65.0 Å². The van der Waals surface area contributed by atoms with Gasteiger partial charge >= 0.3 is 12.1 Å². The Labute approximate surface area is 351 Å². The molecule has 18 nitrogen and oxygen atoms in total. The minimum absolute atomic E-state index is 0.0581. The molecule has 4 aromatic rings. The minimum Gasteiger partial charge on any atom is -0.381 e. The van der Waals surface area contributed by atoms with E-state index < -0.39 is 11.4 Å². The molecule has 3 fully saturated rings. The molecule has 2 aliphatic heterocycles. The van der Waals surface area contributed by atoms with E-state index in [9.17, 15) is 14.4 Å². The normalized spacial score (nSPS) is 20.2. The van der Waals surface area contributed by atoms with Crippen molar-refractivity contribution in [2.75, 3.05) is 36.8 Å². The summed E-state index contributed by atoms with van der Waals surface area (Å²) in [5.74, 6) is -0.337. The summed E-state index contributed by atoms with van der Waals surface area (Å²) in [7, 11) is 0. The van der Waals surface area contributed by atoms with Crippen LogP contribution >= 0.6 is 0 Å². The Kier molecular flexibility index (Phi) is 14.0. The lowest BCUT2D eigenvalue weighted by Gasteiger charge is -2.43. The summed E-state index contributed by atoms with van der Waals surface area (Å²) in [6, 6.07) is -0.547. The number of anilines is 2. The maximum Gasteiger partial charge on any atom is 0.314 e. The van der Waals surface area contributed by atoms with Crippen LogP contribution in [0.1, 0.15) is 102 Å². The highest BCUT2D eigenvalue weighted by Crippen LogP contribution is 2.49. The Morgan fingerprint density at radius 1 is 0.733 bits per heavy atom. The van der Waals surface area contributed by atoms with E-state index >= 15 is 0 Å². The van der Waals surface area contributed by atoms with Crippen LogP contribution in [-0.2, 0) is 48.4 Å². The van der Waals surface area contributed by atoms with Crippen LogP contribution in [0.4, 0.5) is 21.0 Å². The van der Waals surface area contributed by atoms with Crippen molar-refractivity contribution >= 4 is 57.8 Å². The van der Waals surface area contributed by atoms with Crippen LogP contribution in [0.5, 0.6) is 0 Å². The van der Waals surface area contributed by atoms with E-state index in [-0.39, 0.29) is 36.3 Å². The molecule has 18 heteroatoms. The van der Waals surface area contributed by atoms with E-state index in [1.165, 1.54) is 0 Å². The minimum atomic E-state index is -0.846. The van der Waals surface area contributed by atoms with Gasteiger partial charge in [-0.3, -0.25) is 9.59 Å². The summed E-state index contributed by atoms with van der Waals surface area (Å²) in [6.45, 7) is 12.1. The maximum atomic E-state index is 14.3. The number of carbonyl (C=O) groups is 4. The monoisotopic (exact) mass is 829 g/mol. The number of carbonyl (C=O) groups excluding carboxylic acids is 4. The second-order valence-corrected chi connectivity index (χ2v) is 16.4. The molecule has 0 bridgehead atoms. The van der Waals surface area contributed by atoms with Crippen molar-refractivity contribution in [3.63, 3.8) is 0 Å². The molecule has 0 radical (unpaired) electrons. The zero-order chi connectivity index (χ0) is 43.1. The molecule has 60 heavy (non-hydrogen) atoms. The van der Waals surface area contributed by atoms with Gasteiger partial charge in [-0.2, -0.15) is 10.2 Å². The zero-order valence-corrected chi connectivity index (χ0v) is 35.7. The smallest absolute Gasteiger partial charge is 0.314 e. The number of fused-ring (bicyclic) bond motifs is 2. The van der Waals surface area contributed by atoms with E-state index in [4.69, 9.17) is 42.2 Å². The van der Waals surface area contributed by atoms with Crippen molar-refractivity contribution in [3.05, 3.63) is 34.9 Å². The van der Waals surface area contributed by atoms with E-state index in [0.717, 1.165) is 107 Å². The third-order valence-corrected chi connectivity index (χ3v) is 13.2. The topological polar surface area (TPSA) is 264 Å². The Morgan fingerprint density at radius 2 is 1.18 bits per heavy atom. The average Bonchev–Trinajstić information content (AvgIpc) is 3.87. The number of primary amides is 4. The Bertz CT molecular complexity index is 2170. The molecule has 4 aromatic heterocycles. The summed E-state index contributed by atoms with van der Waals surface area (Å²) in [4.78, 5) is 60.7. The highest BCUT2D eigenvalue weighted by atomic mass is 16.2. The average molecular weight is 829 g/mol. The van der Waals surface area contributed by atoms with E-state index in [2.05, 4.69) is 44.1 Å². The zero-order valence-electron chi connectivity index (χ0n) is 35.7. The number of hydrogen-bond donors (Lipinski definition) is 6. The molecule has 3 aliphatic rings. The molecule has 2 saturated heterocycles. The van der Waals surface area contributed by atoms with Crippen molar-refractivity contribution in [1.29, 1.82) is 0 Å². The first-order valence-corrected chi connectivity index (χ1v) is 21.7. The number of aryl methyl sites for hydroxylation is 4. The van der Waals surface area contributed by atoms with Crippen molar-refractivity contribution in [1.82, 2.24) is 39.3 Å². The number of likely N-dealkylation sites (tertiary alicyclic amines) is 2. The predicted octanol–water partition coefficient (Wildman–Crippen LogP) is 3.80. The molecular formula is C42H64N14O4. The number of nitrogens with zero attached hydrogens (tertiary/aromatic N) is 8. The van der Waals surface area contributed by atoms with Crippen LogP contribution in [0.2, 0.25) is 0 Å². The highest BCUT2D eigenvalue weighted by molar-refractivity contribution is 5.93. The summed E-state index contributed by atoms with van der Waals surface area (Å²) in [5.41, 5.74) is 29.0. The summed E-state index contributed by atoms with van der Waals surface area (Å²) >= 11 is 0. The van der Waals surface area contributed by atoms with E-state index in [1.807, 2.05) is 21.8 Å². The SMILES string of the molecule is CCc1nc2c(cnn2CC)c(NC2CCN(C(N)=O)CC2)c1CC1CCCCC1(Cc1c(CC)nc2c(cnn2CC)c1NC1CCN(C(N)=O)CC1)C(N)=O.NC=O. The molecule has 0 spiro atoms. The van der Waals surface area contributed by atoms with Gasteiger partial charge in [0.15, 0.2) is 11.3 Å². The van der Waals surface area contributed by atoms with Gasteiger partial charge in [0.25, 0.3) is 0 Å². The molecule has 7 rings (SSSR count). The number of urea groups is 2. The Morgan fingerprint density at radius 3 is 1.60 bits per heavy atom. The number of aromatic nitrogens is 6.